The van der Waals surface area contributed by atoms with Crippen molar-refractivity contribution in [1.82, 2.24) is 9.88 Å². The number of aromatic nitrogens is 1. The number of nitrogens with zero attached hydrogens (tertiary/aromatic N) is 2. The molecule has 2 nitrogen and oxygen atoms in total. The fourth-order valence-corrected chi connectivity index (χ4v) is 3.63. The Kier molecular flexibility index (Phi) is 4.68. The van der Waals surface area contributed by atoms with E-state index in [-0.39, 0.29) is 0 Å². The Morgan fingerprint density at radius 2 is 2.11 bits per heavy atom. The minimum atomic E-state index is 0.569. The molecule has 0 N–H and O–H groups in total. The lowest BCUT2D eigenvalue weighted by Crippen LogP contribution is -2.30. The Bertz CT molecular complexity index is 390. The number of pyridine rings is 1. The van der Waals surface area contributed by atoms with E-state index in [1.807, 2.05) is 18.0 Å². The molecule has 0 saturated carbocycles. The maximum Gasteiger partial charge on any atom is 0.101 e. The first-order valence-corrected chi connectivity index (χ1v) is 7.85. The molecule has 1 aliphatic rings. The summed E-state index contributed by atoms with van der Waals surface area (Å²) in [5.41, 5.74) is 1.43. The molecular weight excluding hydrogens is 240 g/mol. The maximum absolute atomic E-state index is 4.59. The quantitative estimate of drug-likeness (QED) is 0.761. The van der Waals surface area contributed by atoms with Gasteiger partial charge >= 0.3 is 0 Å². The lowest BCUT2D eigenvalue weighted by Gasteiger charge is -2.29. The Hall–Kier alpha value is -0.540. The first kappa shape index (κ1) is 13.9. The van der Waals surface area contributed by atoms with Crippen molar-refractivity contribution < 1.29 is 0 Å². The highest BCUT2D eigenvalue weighted by Crippen LogP contribution is 2.38. The number of thioether (sulfide) groups is 1. The van der Waals surface area contributed by atoms with Crippen molar-refractivity contribution in [3.63, 3.8) is 0 Å². The highest BCUT2D eigenvalue weighted by Gasteiger charge is 2.29. The average Bonchev–Trinajstić information content (AvgIpc) is 2.77. The van der Waals surface area contributed by atoms with Gasteiger partial charge in [0.2, 0.25) is 0 Å². The van der Waals surface area contributed by atoms with Crippen molar-refractivity contribution in [2.75, 3.05) is 6.54 Å². The van der Waals surface area contributed by atoms with Crippen molar-refractivity contribution in [1.29, 1.82) is 0 Å². The van der Waals surface area contributed by atoms with Crippen LogP contribution in [0.15, 0.2) is 23.4 Å². The zero-order chi connectivity index (χ0) is 13.1. The van der Waals surface area contributed by atoms with Crippen molar-refractivity contribution in [3.8, 4) is 0 Å². The molecule has 18 heavy (non-hydrogen) atoms. The molecule has 0 radical (unpaired) electrons. The summed E-state index contributed by atoms with van der Waals surface area (Å²) in [6.07, 6.45) is 4.50. The monoisotopic (exact) mass is 264 g/mol. The van der Waals surface area contributed by atoms with Gasteiger partial charge in [-0.05, 0) is 39.3 Å². The second kappa shape index (κ2) is 6.07. The molecule has 3 heteroatoms. The normalized spacial score (nSPS) is 21.1. The van der Waals surface area contributed by atoms with Crippen molar-refractivity contribution in [3.05, 3.63) is 23.9 Å². The minimum absolute atomic E-state index is 0.569. The fraction of sp³-hybridized carbons (Fsp3) is 0.667. The van der Waals surface area contributed by atoms with Gasteiger partial charge < -0.3 is 0 Å². The third-order valence-electron chi connectivity index (χ3n) is 3.46. The maximum atomic E-state index is 4.59. The lowest BCUT2D eigenvalue weighted by molar-refractivity contribution is 0.203. The van der Waals surface area contributed by atoms with Crippen LogP contribution in [0.1, 0.15) is 52.1 Å². The topological polar surface area (TPSA) is 16.1 Å². The van der Waals surface area contributed by atoms with E-state index in [2.05, 4.69) is 49.7 Å². The Balaban J connectivity index is 2.26. The SMILES string of the molecule is CC(C)Sc1ncccc1[C@H]1CCCN1C(C)C. The molecule has 0 aliphatic carbocycles. The highest BCUT2D eigenvalue weighted by molar-refractivity contribution is 7.99. The van der Waals surface area contributed by atoms with Gasteiger partial charge in [-0.3, -0.25) is 4.90 Å². The van der Waals surface area contributed by atoms with Gasteiger partial charge in [0.15, 0.2) is 0 Å². The molecule has 1 saturated heterocycles. The fourth-order valence-electron chi connectivity index (χ4n) is 2.72. The molecule has 2 rings (SSSR count). The summed E-state index contributed by atoms with van der Waals surface area (Å²) in [7, 11) is 0. The van der Waals surface area contributed by atoms with Crippen molar-refractivity contribution in [2.24, 2.45) is 0 Å². The highest BCUT2D eigenvalue weighted by atomic mass is 32.2. The summed E-state index contributed by atoms with van der Waals surface area (Å²) in [5.74, 6) is 0. The van der Waals surface area contributed by atoms with Gasteiger partial charge in [-0.15, -0.1) is 11.8 Å². The summed E-state index contributed by atoms with van der Waals surface area (Å²) >= 11 is 1.89. The van der Waals surface area contributed by atoms with Crippen LogP contribution < -0.4 is 0 Å². The number of likely N-dealkylation sites (tertiary alicyclic amines) is 1. The van der Waals surface area contributed by atoms with Crippen LogP contribution in [-0.2, 0) is 0 Å². The molecular formula is C15H24N2S. The van der Waals surface area contributed by atoms with Crippen LogP contribution in [0.4, 0.5) is 0 Å². The lowest BCUT2D eigenvalue weighted by atomic mass is 10.1. The van der Waals surface area contributed by atoms with Gasteiger partial charge in [-0.2, -0.15) is 0 Å². The zero-order valence-electron chi connectivity index (χ0n) is 11.9. The first-order chi connectivity index (χ1) is 8.59. The van der Waals surface area contributed by atoms with Gasteiger partial charge in [-0.25, -0.2) is 4.98 Å². The summed E-state index contributed by atoms with van der Waals surface area (Å²) in [4.78, 5) is 7.21. The number of rotatable bonds is 4. The third-order valence-corrected chi connectivity index (χ3v) is 4.50. The van der Waals surface area contributed by atoms with E-state index in [0.717, 1.165) is 0 Å². The Morgan fingerprint density at radius 1 is 1.33 bits per heavy atom. The van der Waals surface area contributed by atoms with Crippen LogP contribution in [-0.4, -0.2) is 27.7 Å². The molecule has 1 fully saturated rings. The van der Waals surface area contributed by atoms with E-state index in [0.29, 0.717) is 17.3 Å². The zero-order valence-corrected chi connectivity index (χ0v) is 12.7. The van der Waals surface area contributed by atoms with Crippen LogP contribution in [0, 0.1) is 0 Å². The summed E-state index contributed by atoms with van der Waals surface area (Å²) in [6.45, 7) is 10.3. The molecule has 1 aromatic heterocycles. The van der Waals surface area contributed by atoms with Crippen LogP contribution in [0.5, 0.6) is 0 Å². The summed E-state index contributed by atoms with van der Waals surface area (Å²) < 4.78 is 0. The number of hydrogen-bond donors (Lipinski definition) is 0. The van der Waals surface area contributed by atoms with E-state index >= 15 is 0 Å². The molecule has 2 heterocycles. The van der Waals surface area contributed by atoms with E-state index in [1.54, 1.807) is 0 Å². The smallest absolute Gasteiger partial charge is 0.101 e. The molecule has 1 aliphatic heterocycles. The van der Waals surface area contributed by atoms with E-state index in [9.17, 15) is 0 Å². The second-order valence-corrected chi connectivity index (χ2v) is 7.12. The van der Waals surface area contributed by atoms with Gasteiger partial charge in [0.05, 0.1) is 0 Å². The van der Waals surface area contributed by atoms with Gasteiger partial charge in [0.1, 0.15) is 5.03 Å². The predicted octanol–water partition coefficient (Wildman–Crippen LogP) is 4.13. The largest absolute Gasteiger partial charge is 0.294 e. The Labute approximate surface area is 115 Å². The van der Waals surface area contributed by atoms with Crippen molar-refractivity contribution >= 4 is 11.8 Å². The first-order valence-electron chi connectivity index (χ1n) is 6.97. The predicted molar refractivity (Wildman–Crippen MR) is 79.0 cm³/mol. The Morgan fingerprint density at radius 3 is 2.78 bits per heavy atom. The van der Waals surface area contributed by atoms with E-state index in [1.165, 1.54) is 30.0 Å². The van der Waals surface area contributed by atoms with E-state index in [4.69, 9.17) is 0 Å². The molecule has 0 spiro atoms. The molecule has 0 unspecified atom stereocenters. The standard InChI is InChI=1S/C15H24N2S/c1-11(2)17-10-6-8-14(17)13-7-5-9-16-15(13)18-12(3)4/h5,7,9,11-12,14H,6,8,10H2,1-4H3/t14-/m1/s1. The second-order valence-electron chi connectivity index (χ2n) is 5.55. The molecule has 0 amide bonds. The molecule has 1 aromatic rings. The summed E-state index contributed by atoms with van der Waals surface area (Å²) in [5, 5.41) is 1.82. The summed E-state index contributed by atoms with van der Waals surface area (Å²) in [6, 6.07) is 5.54. The molecule has 0 aromatic carbocycles. The van der Waals surface area contributed by atoms with E-state index < -0.39 is 0 Å². The van der Waals surface area contributed by atoms with Crippen LogP contribution in [0.3, 0.4) is 0 Å². The van der Waals surface area contributed by atoms with Crippen LogP contribution >= 0.6 is 11.8 Å². The minimum Gasteiger partial charge on any atom is -0.294 e. The number of hydrogen-bond acceptors (Lipinski definition) is 3. The molecule has 1 atom stereocenters. The van der Waals surface area contributed by atoms with Gasteiger partial charge in [-0.1, -0.05) is 19.9 Å². The third kappa shape index (κ3) is 3.07. The molecule has 100 valence electrons. The average molecular weight is 264 g/mol. The van der Waals surface area contributed by atoms with Crippen LogP contribution in [0.25, 0.3) is 0 Å². The van der Waals surface area contributed by atoms with Crippen LogP contribution in [0.2, 0.25) is 0 Å². The van der Waals surface area contributed by atoms with Crippen molar-refractivity contribution in [2.45, 2.75) is 62.9 Å². The van der Waals surface area contributed by atoms with Gasteiger partial charge in [0, 0.05) is 29.1 Å². The molecule has 0 bridgehead atoms. The van der Waals surface area contributed by atoms with Gasteiger partial charge in [0.25, 0.3) is 0 Å².